The Balaban J connectivity index is 1.61. The molecule has 0 aromatic heterocycles. The quantitative estimate of drug-likeness (QED) is 0.745. The first-order valence-electron chi connectivity index (χ1n) is 7.63. The Kier molecular flexibility index (Phi) is 5.87. The molecule has 1 aliphatic rings. The third kappa shape index (κ3) is 4.93. The highest BCUT2D eigenvalue weighted by Crippen LogP contribution is 2.24. The van der Waals surface area contributed by atoms with Crippen LogP contribution in [0.15, 0.2) is 30.3 Å². The number of benzene rings is 1. The van der Waals surface area contributed by atoms with Gasteiger partial charge in [0.15, 0.2) is 0 Å². The van der Waals surface area contributed by atoms with E-state index >= 15 is 0 Å². The van der Waals surface area contributed by atoms with E-state index in [1.807, 2.05) is 37.4 Å². The van der Waals surface area contributed by atoms with E-state index in [-0.39, 0.29) is 18.1 Å². The van der Waals surface area contributed by atoms with Gasteiger partial charge in [0.05, 0.1) is 6.10 Å². The van der Waals surface area contributed by atoms with Gasteiger partial charge in [-0.3, -0.25) is 0 Å². The molecule has 5 heteroatoms. The molecule has 0 radical (unpaired) electrons. The van der Waals surface area contributed by atoms with Crippen LogP contribution in [-0.2, 0) is 0 Å². The van der Waals surface area contributed by atoms with Crippen molar-refractivity contribution in [2.45, 2.75) is 25.4 Å². The summed E-state index contributed by atoms with van der Waals surface area (Å²) in [6.07, 6.45) is 2.65. The molecule has 0 unspecified atom stereocenters. The average Bonchev–Trinajstić information content (AvgIpc) is 2.91. The van der Waals surface area contributed by atoms with E-state index in [1.165, 1.54) is 0 Å². The number of carbonyl (C=O) groups is 1. The maximum atomic E-state index is 11.7. The lowest BCUT2D eigenvalue weighted by Gasteiger charge is -2.20. The second kappa shape index (κ2) is 7.88. The number of anilines is 1. The Labute approximate surface area is 126 Å². The predicted molar refractivity (Wildman–Crippen MR) is 84.5 cm³/mol. The van der Waals surface area contributed by atoms with Crippen LogP contribution in [-0.4, -0.2) is 43.9 Å². The fourth-order valence-electron chi connectivity index (χ4n) is 2.69. The summed E-state index contributed by atoms with van der Waals surface area (Å²) >= 11 is 0. The smallest absolute Gasteiger partial charge is 0.314 e. The normalized spacial score (nSPS) is 21.0. The Morgan fingerprint density at radius 1 is 1.29 bits per heavy atom. The lowest BCUT2D eigenvalue weighted by molar-refractivity contribution is 0.132. The number of urea groups is 1. The number of hydrogen-bond donors (Lipinski definition) is 3. The minimum absolute atomic E-state index is 0.157. The summed E-state index contributed by atoms with van der Waals surface area (Å²) in [5.74, 6) is 0.211. The van der Waals surface area contributed by atoms with Crippen LogP contribution in [0.5, 0.6) is 0 Å². The van der Waals surface area contributed by atoms with Crippen molar-refractivity contribution in [3.05, 3.63) is 30.3 Å². The van der Waals surface area contributed by atoms with Gasteiger partial charge in [0, 0.05) is 38.3 Å². The molecule has 1 aromatic carbocycles. The highest BCUT2D eigenvalue weighted by Gasteiger charge is 2.25. The molecular formula is C16H25N3O2. The van der Waals surface area contributed by atoms with Gasteiger partial charge in [-0.15, -0.1) is 0 Å². The SMILES string of the molecule is CN(CCNC(=O)NC[C@@H]1CCC[C@H]1O)c1ccccc1. The molecule has 5 nitrogen and oxygen atoms in total. The van der Waals surface area contributed by atoms with Gasteiger partial charge in [0.1, 0.15) is 0 Å². The number of amides is 2. The Bertz CT molecular complexity index is 438. The number of rotatable bonds is 6. The zero-order valence-electron chi connectivity index (χ0n) is 12.6. The van der Waals surface area contributed by atoms with Gasteiger partial charge in [-0.25, -0.2) is 4.79 Å². The van der Waals surface area contributed by atoms with Crippen LogP contribution in [0.25, 0.3) is 0 Å². The number of hydrogen-bond acceptors (Lipinski definition) is 3. The summed E-state index contributed by atoms with van der Waals surface area (Å²) in [4.78, 5) is 13.8. The second-order valence-electron chi connectivity index (χ2n) is 5.65. The van der Waals surface area contributed by atoms with Crippen molar-refractivity contribution in [3.63, 3.8) is 0 Å². The summed E-state index contributed by atoms with van der Waals surface area (Å²) in [5.41, 5.74) is 1.13. The highest BCUT2D eigenvalue weighted by atomic mass is 16.3. The molecule has 21 heavy (non-hydrogen) atoms. The van der Waals surface area contributed by atoms with Gasteiger partial charge in [-0.2, -0.15) is 0 Å². The van der Waals surface area contributed by atoms with Crippen LogP contribution in [0.1, 0.15) is 19.3 Å². The molecule has 0 heterocycles. The summed E-state index contributed by atoms with van der Waals surface area (Å²) < 4.78 is 0. The molecule has 2 amide bonds. The fraction of sp³-hybridized carbons (Fsp3) is 0.562. The number of likely N-dealkylation sites (N-methyl/N-ethyl adjacent to an activating group) is 1. The van der Waals surface area contributed by atoms with Crippen molar-refractivity contribution in [1.29, 1.82) is 0 Å². The average molecular weight is 291 g/mol. The maximum absolute atomic E-state index is 11.7. The minimum atomic E-state index is -0.255. The maximum Gasteiger partial charge on any atom is 0.314 e. The van der Waals surface area contributed by atoms with Crippen molar-refractivity contribution in [1.82, 2.24) is 10.6 Å². The fourth-order valence-corrected chi connectivity index (χ4v) is 2.69. The standard InChI is InChI=1S/C16H25N3O2/c1-19(14-7-3-2-4-8-14)11-10-17-16(21)18-12-13-6-5-9-15(13)20/h2-4,7-8,13,15,20H,5-6,9-12H2,1H3,(H2,17,18,21)/t13-,15+/m0/s1. The van der Waals surface area contributed by atoms with Crippen LogP contribution in [0.4, 0.5) is 10.5 Å². The van der Waals surface area contributed by atoms with E-state index in [0.29, 0.717) is 13.1 Å². The molecule has 116 valence electrons. The zero-order chi connectivity index (χ0) is 15.1. The predicted octanol–water partition coefficient (Wildman–Crippen LogP) is 1.58. The number of para-hydroxylation sites is 1. The third-order valence-corrected chi connectivity index (χ3v) is 4.07. The minimum Gasteiger partial charge on any atom is -0.393 e. The monoisotopic (exact) mass is 291 g/mol. The van der Waals surface area contributed by atoms with Crippen LogP contribution in [0.2, 0.25) is 0 Å². The Morgan fingerprint density at radius 3 is 2.71 bits per heavy atom. The number of aliphatic hydroxyl groups is 1. The van der Waals surface area contributed by atoms with E-state index < -0.39 is 0 Å². The van der Waals surface area contributed by atoms with E-state index in [9.17, 15) is 9.90 Å². The van der Waals surface area contributed by atoms with Crippen molar-refractivity contribution >= 4 is 11.7 Å². The van der Waals surface area contributed by atoms with Crippen LogP contribution in [0, 0.1) is 5.92 Å². The van der Waals surface area contributed by atoms with E-state index in [4.69, 9.17) is 0 Å². The van der Waals surface area contributed by atoms with Crippen LogP contribution in [0.3, 0.4) is 0 Å². The first-order chi connectivity index (χ1) is 10.2. The molecule has 1 saturated carbocycles. The lowest BCUT2D eigenvalue weighted by Crippen LogP contribution is -2.42. The van der Waals surface area contributed by atoms with Crippen LogP contribution < -0.4 is 15.5 Å². The molecule has 3 N–H and O–H groups in total. The molecule has 1 aromatic rings. The zero-order valence-corrected chi connectivity index (χ0v) is 12.6. The number of aliphatic hydroxyl groups excluding tert-OH is 1. The largest absolute Gasteiger partial charge is 0.393 e. The number of carbonyl (C=O) groups excluding carboxylic acids is 1. The molecular weight excluding hydrogens is 266 g/mol. The summed E-state index contributed by atoms with van der Waals surface area (Å²) in [6, 6.07) is 9.91. The molecule has 0 saturated heterocycles. The van der Waals surface area contributed by atoms with Crippen molar-refractivity contribution < 1.29 is 9.90 Å². The molecule has 0 aliphatic heterocycles. The van der Waals surface area contributed by atoms with Gasteiger partial charge < -0.3 is 20.6 Å². The Hall–Kier alpha value is -1.75. The van der Waals surface area contributed by atoms with Gasteiger partial charge in [0.2, 0.25) is 0 Å². The van der Waals surface area contributed by atoms with Crippen LogP contribution >= 0.6 is 0 Å². The number of nitrogens with one attached hydrogen (secondary N) is 2. The van der Waals surface area contributed by atoms with Gasteiger partial charge >= 0.3 is 6.03 Å². The molecule has 1 aliphatic carbocycles. The summed E-state index contributed by atoms with van der Waals surface area (Å²) in [7, 11) is 2.00. The van der Waals surface area contributed by atoms with E-state index in [2.05, 4.69) is 15.5 Å². The molecule has 2 atom stereocenters. The van der Waals surface area contributed by atoms with Gasteiger partial charge in [-0.05, 0) is 25.0 Å². The van der Waals surface area contributed by atoms with Crippen molar-refractivity contribution in [2.24, 2.45) is 5.92 Å². The number of nitrogens with zero attached hydrogens (tertiary/aromatic N) is 1. The summed E-state index contributed by atoms with van der Waals surface area (Å²) in [5, 5.41) is 15.4. The van der Waals surface area contributed by atoms with Gasteiger partial charge in [0.25, 0.3) is 0 Å². The first kappa shape index (κ1) is 15.6. The molecule has 0 spiro atoms. The van der Waals surface area contributed by atoms with E-state index in [1.54, 1.807) is 0 Å². The lowest BCUT2D eigenvalue weighted by atomic mass is 10.1. The van der Waals surface area contributed by atoms with Crippen molar-refractivity contribution in [2.75, 3.05) is 31.6 Å². The molecule has 2 rings (SSSR count). The highest BCUT2D eigenvalue weighted by molar-refractivity contribution is 5.73. The third-order valence-electron chi connectivity index (χ3n) is 4.07. The second-order valence-corrected chi connectivity index (χ2v) is 5.65. The first-order valence-corrected chi connectivity index (χ1v) is 7.63. The van der Waals surface area contributed by atoms with Gasteiger partial charge in [-0.1, -0.05) is 24.6 Å². The Morgan fingerprint density at radius 2 is 2.05 bits per heavy atom. The molecule has 1 fully saturated rings. The van der Waals surface area contributed by atoms with Crippen molar-refractivity contribution in [3.8, 4) is 0 Å². The summed E-state index contributed by atoms with van der Waals surface area (Å²) in [6.45, 7) is 1.90. The molecule has 0 bridgehead atoms. The van der Waals surface area contributed by atoms with E-state index in [0.717, 1.165) is 31.5 Å². The topological polar surface area (TPSA) is 64.6 Å².